The first-order valence-electron chi connectivity index (χ1n) is 6.69. The van der Waals surface area contributed by atoms with Crippen molar-refractivity contribution in [2.45, 2.75) is 39.3 Å². The smallest absolute Gasteiger partial charge is 0.133 e. The van der Waals surface area contributed by atoms with Gasteiger partial charge in [-0.15, -0.1) is 0 Å². The van der Waals surface area contributed by atoms with Crippen LogP contribution in [-0.2, 0) is 6.54 Å². The summed E-state index contributed by atoms with van der Waals surface area (Å²) in [6.45, 7) is 6.64. The van der Waals surface area contributed by atoms with Crippen molar-refractivity contribution >= 4 is 21.7 Å². The van der Waals surface area contributed by atoms with Crippen LogP contribution >= 0.6 is 15.9 Å². The van der Waals surface area contributed by atoms with Crippen molar-refractivity contribution in [1.82, 2.24) is 10.3 Å². The van der Waals surface area contributed by atoms with Gasteiger partial charge in [-0.2, -0.15) is 0 Å². The van der Waals surface area contributed by atoms with Crippen molar-refractivity contribution in [1.29, 1.82) is 0 Å². The van der Waals surface area contributed by atoms with E-state index in [2.05, 4.69) is 51.0 Å². The molecule has 1 aromatic heterocycles. The number of rotatable bonds is 3. The van der Waals surface area contributed by atoms with Gasteiger partial charge in [-0.1, -0.05) is 6.92 Å². The second kappa shape index (κ2) is 6.02. The van der Waals surface area contributed by atoms with Gasteiger partial charge < -0.3 is 10.2 Å². The van der Waals surface area contributed by atoms with Gasteiger partial charge in [0.25, 0.3) is 0 Å². The Morgan fingerprint density at radius 3 is 3.00 bits per heavy atom. The average molecular weight is 312 g/mol. The van der Waals surface area contributed by atoms with Gasteiger partial charge in [-0.05, 0) is 54.7 Å². The van der Waals surface area contributed by atoms with Crippen LogP contribution < -0.4 is 10.2 Å². The van der Waals surface area contributed by atoms with Crippen molar-refractivity contribution in [3.8, 4) is 0 Å². The Hall–Kier alpha value is -0.610. The van der Waals surface area contributed by atoms with Crippen molar-refractivity contribution in [2.75, 3.05) is 18.5 Å². The molecule has 1 aromatic rings. The third-order valence-corrected chi connectivity index (χ3v) is 4.36. The third-order valence-electron chi connectivity index (χ3n) is 3.92. The summed E-state index contributed by atoms with van der Waals surface area (Å²) in [5.41, 5.74) is 1.27. The molecule has 1 N–H and O–H groups in total. The van der Waals surface area contributed by atoms with E-state index in [-0.39, 0.29) is 0 Å². The minimum Gasteiger partial charge on any atom is -0.353 e. The largest absolute Gasteiger partial charge is 0.353 e. The summed E-state index contributed by atoms with van der Waals surface area (Å²) in [6, 6.07) is 2.74. The lowest BCUT2D eigenvalue weighted by molar-refractivity contribution is 0.361. The van der Waals surface area contributed by atoms with Gasteiger partial charge in [0.2, 0.25) is 0 Å². The van der Waals surface area contributed by atoms with E-state index in [0.717, 1.165) is 29.3 Å². The van der Waals surface area contributed by atoms with E-state index >= 15 is 0 Å². The quantitative estimate of drug-likeness (QED) is 0.929. The van der Waals surface area contributed by atoms with Crippen LogP contribution in [-0.4, -0.2) is 24.6 Å². The molecule has 18 heavy (non-hydrogen) atoms. The molecule has 0 spiro atoms. The predicted octanol–water partition coefficient (Wildman–Crippen LogP) is 3.19. The molecule has 0 aromatic carbocycles. The molecule has 2 unspecified atom stereocenters. The molecular weight excluding hydrogens is 290 g/mol. The number of anilines is 1. The molecule has 100 valence electrons. The van der Waals surface area contributed by atoms with Gasteiger partial charge >= 0.3 is 0 Å². The molecule has 0 bridgehead atoms. The van der Waals surface area contributed by atoms with E-state index in [0.29, 0.717) is 6.04 Å². The number of piperidine rings is 1. The molecule has 0 aliphatic carbocycles. The Morgan fingerprint density at radius 1 is 1.50 bits per heavy atom. The number of halogens is 1. The Morgan fingerprint density at radius 2 is 2.28 bits per heavy atom. The summed E-state index contributed by atoms with van der Waals surface area (Å²) >= 11 is 3.51. The van der Waals surface area contributed by atoms with Crippen LogP contribution in [0.4, 0.5) is 5.82 Å². The average Bonchev–Trinajstić information content (AvgIpc) is 2.34. The fourth-order valence-corrected chi connectivity index (χ4v) is 3.07. The molecule has 1 saturated heterocycles. The second-order valence-corrected chi connectivity index (χ2v) is 6.14. The van der Waals surface area contributed by atoms with Crippen molar-refractivity contribution < 1.29 is 0 Å². The van der Waals surface area contributed by atoms with E-state index in [1.165, 1.54) is 18.4 Å². The summed E-state index contributed by atoms with van der Waals surface area (Å²) in [7, 11) is 1.98. The zero-order valence-corrected chi connectivity index (χ0v) is 13.0. The first kappa shape index (κ1) is 13.8. The van der Waals surface area contributed by atoms with Crippen LogP contribution in [0.2, 0.25) is 0 Å². The van der Waals surface area contributed by atoms with Crippen LogP contribution in [0.1, 0.15) is 32.3 Å². The highest BCUT2D eigenvalue weighted by Gasteiger charge is 2.27. The molecule has 0 radical (unpaired) electrons. The topological polar surface area (TPSA) is 28.2 Å². The van der Waals surface area contributed by atoms with Gasteiger partial charge in [0.1, 0.15) is 5.82 Å². The predicted molar refractivity (Wildman–Crippen MR) is 79.9 cm³/mol. The molecule has 2 rings (SSSR count). The molecule has 1 aliphatic heterocycles. The fourth-order valence-electron chi connectivity index (χ4n) is 2.69. The first-order chi connectivity index (χ1) is 8.63. The number of nitrogens with zero attached hydrogens (tertiary/aromatic N) is 2. The van der Waals surface area contributed by atoms with E-state index in [1.807, 2.05) is 13.2 Å². The molecule has 2 atom stereocenters. The maximum Gasteiger partial charge on any atom is 0.133 e. The van der Waals surface area contributed by atoms with E-state index in [9.17, 15) is 0 Å². The lowest BCUT2D eigenvalue weighted by atomic mass is 9.92. The van der Waals surface area contributed by atoms with Gasteiger partial charge in [-0.3, -0.25) is 0 Å². The number of nitrogens with one attached hydrogen (secondary N) is 1. The number of pyridine rings is 1. The van der Waals surface area contributed by atoms with E-state index in [4.69, 9.17) is 0 Å². The molecule has 1 aliphatic rings. The van der Waals surface area contributed by atoms with Crippen LogP contribution in [0.25, 0.3) is 0 Å². The Balaban J connectivity index is 2.31. The zero-order chi connectivity index (χ0) is 13.1. The summed E-state index contributed by atoms with van der Waals surface area (Å²) in [4.78, 5) is 7.11. The number of hydrogen-bond acceptors (Lipinski definition) is 3. The maximum absolute atomic E-state index is 4.64. The number of aromatic nitrogens is 1. The standard InChI is InChI=1S/C14H22BrN3/c1-10-5-4-6-18(11(10)2)14-12(8-16-3)7-13(15)9-17-14/h7,9-11,16H,4-6,8H2,1-3H3. The summed E-state index contributed by atoms with van der Waals surface area (Å²) in [6.07, 6.45) is 4.50. The maximum atomic E-state index is 4.64. The highest BCUT2D eigenvalue weighted by atomic mass is 79.9. The molecule has 1 fully saturated rings. The monoisotopic (exact) mass is 311 g/mol. The molecule has 0 saturated carbocycles. The highest BCUT2D eigenvalue weighted by molar-refractivity contribution is 9.10. The van der Waals surface area contributed by atoms with Crippen LogP contribution in [0.3, 0.4) is 0 Å². The lowest BCUT2D eigenvalue weighted by Gasteiger charge is -2.39. The van der Waals surface area contributed by atoms with Gasteiger partial charge in [0.05, 0.1) is 0 Å². The molecular formula is C14H22BrN3. The lowest BCUT2D eigenvalue weighted by Crippen LogP contribution is -2.43. The van der Waals surface area contributed by atoms with Gasteiger partial charge in [0.15, 0.2) is 0 Å². The Labute approximate surface area is 118 Å². The van der Waals surface area contributed by atoms with Crippen molar-refractivity contribution in [3.05, 3.63) is 22.3 Å². The van der Waals surface area contributed by atoms with E-state index < -0.39 is 0 Å². The second-order valence-electron chi connectivity index (χ2n) is 5.22. The van der Waals surface area contributed by atoms with Crippen LogP contribution in [0.15, 0.2) is 16.7 Å². The van der Waals surface area contributed by atoms with Crippen molar-refractivity contribution in [3.63, 3.8) is 0 Å². The summed E-state index contributed by atoms with van der Waals surface area (Å²) in [5.74, 6) is 1.89. The molecule has 3 nitrogen and oxygen atoms in total. The van der Waals surface area contributed by atoms with Crippen molar-refractivity contribution in [2.24, 2.45) is 5.92 Å². The fraction of sp³-hybridized carbons (Fsp3) is 0.643. The Bertz CT molecular complexity index is 408. The molecule has 2 heterocycles. The van der Waals surface area contributed by atoms with E-state index in [1.54, 1.807) is 0 Å². The van der Waals surface area contributed by atoms with Gasteiger partial charge in [-0.25, -0.2) is 4.98 Å². The zero-order valence-electron chi connectivity index (χ0n) is 11.4. The molecule has 0 amide bonds. The third kappa shape index (κ3) is 2.86. The highest BCUT2D eigenvalue weighted by Crippen LogP contribution is 2.30. The first-order valence-corrected chi connectivity index (χ1v) is 7.48. The minimum atomic E-state index is 0.572. The number of hydrogen-bond donors (Lipinski definition) is 1. The SMILES string of the molecule is CNCc1cc(Br)cnc1N1CCCC(C)C1C. The van der Waals surface area contributed by atoms with Gasteiger partial charge in [0, 0.05) is 35.4 Å². The van der Waals surface area contributed by atoms with Crippen LogP contribution in [0.5, 0.6) is 0 Å². The summed E-state index contributed by atoms with van der Waals surface area (Å²) in [5, 5.41) is 3.23. The minimum absolute atomic E-state index is 0.572. The Kier molecular flexibility index (Phi) is 4.62. The normalized spacial score (nSPS) is 24.3. The summed E-state index contributed by atoms with van der Waals surface area (Å²) < 4.78 is 1.05. The molecule has 4 heteroatoms. The van der Waals surface area contributed by atoms with Crippen LogP contribution in [0, 0.1) is 5.92 Å².